The Bertz CT molecular complexity index is 375. The quantitative estimate of drug-likeness (QED) is 0.717. The number of nitrogens with one attached hydrogen (secondary N) is 1. The zero-order valence-electron chi connectivity index (χ0n) is 10.9. The standard InChI is InChI=1S/C14H21NO3/c1-3-10(2)13(17)14(18)15-9-8-11-4-6-12(16)7-5-11/h4-7,10,13,16-17H,3,8-9H2,1-2H3,(H,15,18). The van der Waals surface area contributed by atoms with E-state index in [9.17, 15) is 9.90 Å². The number of rotatable bonds is 6. The fourth-order valence-corrected chi connectivity index (χ4v) is 1.58. The van der Waals surface area contributed by atoms with Gasteiger partial charge in [0.2, 0.25) is 5.91 Å². The van der Waals surface area contributed by atoms with Gasteiger partial charge in [-0.25, -0.2) is 0 Å². The lowest BCUT2D eigenvalue weighted by molar-refractivity contribution is -0.131. The molecule has 0 aliphatic carbocycles. The van der Waals surface area contributed by atoms with Gasteiger partial charge in [0.25, 0.3) is 0 Å². The van der Waals surface area contributed by atoms with Crippen molar-refractivity contribution in [1.82, 2.24) is 5.32 Å². The molecule has 0 saturated heterocycles. The highest BCUT2D eigenvalue weighted by Crippen LogP contribution is 2.10. The van der Waals surface area contributed by atoms with Gasteiger partial charge in [0.15, 0.2) is 0 Å². The molecule has 0 aliphatic rings. The van der Waals surface area contributed by atoms with Crippen molar-refractivity contribution in [2.24, 2.45) is 5.92 Å². The highest BCUT2D eigenvalue weighted by Gasteiger charge is 2.20. The summed E-state index contributed by atoms with van der Waals surface area (Å²) in [5, 5.41) is 21.5. The van der Waals surface area contributed by atoms with E-state index >= 15 is 0 Å². The summed E-state index contributed by atoms with van der Waals surface area (Å²) in [6.07, 6.45) is 0.515. The lowest BCUT2D eigenvalue weighted by Crippen LogP contribution is -2.39. The summed E-state index contributed by atoms with van der Waals surface area (Å²) >= 11 is 0. The van der Waals surface area contributed by atoms with Crippen molar-refractivity contribution in [3.05, 3.63) is 29.8 Å². The molecule has 18 heavy (non-hydrogen) atoms. The highest BCUT2D eigenvalue weighted by molar-refractivity contribution is 5.80. The van der Waals surface area contributed by atoms with Crippen molar-refractivity contribution in [3.8, 4) is 5.75 Å². The maximum absolute atomic E-state index is 11.6. The molecule has 4 nitrogen and oxygen atoms in total. The van der Waals surface area contributed by atoms with E-state index in [4.69, 9.17) is 5.11 Å². The number of carbonyl (C=O) groups is 1. The molecule has 0 bridgehead atoms. The van der Waals surface area contributed by atoms with Crippen LogP contribution in [0.5, 0.6) is 5.75 Å². The molecule has 0 saturated carbocycles. The first kappa shape index (κ1) is 14.5. The minimum Gasteiger partial charge on any atom is -0.508 e. The van der Waals surface area contributed by atoms with Crippen LogP contribution < -0.4 is 5.32 Å². The van der Waals surface area contributed by atoms with Crippen molar-refractivity contribution in [2.75, 3.05) is 6.54 Å². The minimum absolute atomic E-state index is 0.0290. The van der Waals surface area contributed by atoms with Crippen LogP contribution in [0.2, 0.25) is 0 Å². The molecule has 2 unspecified atom stereocenters. The van der Waals surface area contributed by atoms with Crippen molar-refractivity contribution in [1.29, 1.82) is 0 Å². The lowest BCUT2D eigenvalue weighted by atomic mass is 10.0. The highest BCUT2D eigenvalue weighted by atomic mass is 16.3. The molecular formula is C14H21NO3. The van der Waals surface area contributed by atoms with Crippen molar-refractivity contribution in [3.63, 3.8) is 0 Å². The molecular weight excluding hydrogens is 230 g/mol. The number of phenolic OH excluding ortho intramolecular Hbond substituents is 1. The average molecular weight is 251 g/mol. The SMILES string of the molecule is CCC(C)C(O)C(=O)NCCc1ccc(O)cc1. The third kappa shape index (κ3) is 4.37. The van der Waals surface area contributed by atoms with Gasteiger partial charge in [-0.3, -0.25) is 4.79 Å². The van der Waals surface area contributed by atoms with E-state index < -0.39 is 6.10 Å². The molecule has 1 aromatic rings. The summed E-state index contributed by atoms with van der Waals surface area (Å²) in [6, 6.07) is 6.86. The number of aliphatic hydroxyl groups excluding tert-OH is 1. The normalized spacial score (nSPS) is 13.9. The Balaban J connectivity index is 2.33. The number of phenols is 1. The van der Waals surface area contributed by atoms with E-state index in [-0.39, 0.29) is 17.6 Å². The predicted molar refractivity (Wildman–Crippen MR) is 70.3 cm³/mol. The Morgan fingerprint density at radius 3 is 2.50 bits per heavy atom. The van der Waals surface area contributed by atoms with Crippen molar-refractivity contribution in [2.45, 2.75) is 32.8 Å². The maximum atomic E-state index is 11.6. The summed E-state index contributed by atoms with van der Waals surface area (Å²) < 4.78 is 0. The van der Waals surface area contributed by atoms with Crippen LogP contribution in [-0.2, 0) is 11.2 Å². The van der Waals surface area contributed by atoms with E-state index in [0.29, 0.717) is 13.0 Å². The second kappa shape index (κ2) is 7.01. The third-order valence-electron chi connectivity index (χ3n) is 3.10. The first-order valence-corrected chi connectivity index (χ1v) is 6.28. The first-order valence-electron chi connectivity index (χ1n) is 6.28. The Kier molecular flexibility index (Phi) is 5.65. The number of amides is 1. The van der Waals surface area contributed by atoms with Crippen LogP contribution in [0.25, 0.3) is 0 Å². The number of aromatic hydroxyl groups is 1. The number of carbonyl (C=O) groups excluding carboxylic acids is 1. The van der Waals surface area contributed by atoms with Gasteiger partial charge in [-0.15, -0.1) is 0 Å². The molecule has 0 heterocycles. The zero-order valence-corrected chi connectivity index (χ0v) is 10.9. The molecule has 0 radical (unpaired) electrons. The zero-order chi connectivity index (χ0) is 13.5. The molecule has 3 N–H and O–H groups in total. The van der Waals surface area contributed by atoms with Gasteiger partial charge in [0.05, 0.1) is 0 Å². The van der Waals surface area contributed by atoms with Gasteiger partial charge in [0, 0.05) is 6.54 Å². The Morgan fingerprint density at radius 2 is 1.94 bits per heavy atom. The number of hydrogen-bond acceptors (Lipinski definition) is 3. The number of hydrogen-bond donors (Lipinski definition) is 3. The average Bonchev–Trinajstić information content (AvgIpc) is 2.39. The summed E-state index contributed by atoms with van der Waals surface area (Å²) in [6.45, 7) is 4.28. The summed E-state index contributed by atoms with van der Waals surface area (Å²) in [5.41, 5.74) is 1.03. The fraction of sp³-hybridized carbons (Fsp3) is 0.500. The van der Waals surface area contributed by atoms with Crippen LogP contribution in [-0.4, -0.2) is 28.8 Å². The molecule has 0 aromatic heterocycles. The van der Waals surface area contributed by atoms with Crippen LogP contribution in [0.1, 0.15) is 25.8 Å². The second-order valence-electron chi connectivity index (χ2n) is 4.54. The molecule has 2 atom stereocenters. The van der Waals surface area contributed by atoms with Gasteiger partial charge >= 0.3 is 0 Å². The van der Waals surface area contributed by atoms with Crippen LogP contribution >= 0.6 is 0 Å². The summed E-state index contributed by atoms with van der Waals surface area (Å²) in [7, 11) is 0. The predicted octanol–water partition coefficient (Wildman–Crippen LogP) is 1.46. The van der Waals surface area contributed by atoms with Crippen LogP contribution in [0.4, 0.5) is 0 Å². The van der Waals surface area contributed by atoms with Gasteiger partial charge < -0.3 is 15.5 Å². The van der Waals surface area contributed by atoms with Crippen molar-refractivity contribution < 1.29 is 15.0 Å². The van der Waals surface area contributed by atoms with Crippen molar-refractivity contribution >= 4 is 5.91 Å². The van der Waals surface area contributed by atoms with E-state index in [0.717, 1.165) is 12.0 Å². The second-order valence-corrected chi connectivity index (χ2v) is 4.54. The van der Waals surface area contributed by atoms with Crippen LogP contribution in [0, 0.1) is 5.92 Å². The lowest BCUT2D eigenvalue weighted by Gasteiger charge is -2.16. The molecule has 1 aromatic carbocycles. The minimum atomic E-state index is -0.935. The summed E-state index contributed by atoms with van der Waals surface area (Å²) in [4.78, 5) is 11.6. The fourth-order valence-electron chi connectivity index (χ4n) is 1.58. The largest absolute Gasteiger partial charge is 0.508 e. The van der Waals surface area contributed by atoms with Crippen LogP contribution in [0.3, 0.4) is 0 Å². The molecule has 100 valence electrons. The molecule has 0 fully saturated rings. The smallest absolute Gasteiger partial charge is 0.249 e. The van der Waals surface area contributed by atoms with Gasteiger partial charge in [0.1, 0.15) is 11.9 Å². The molecule has 4 heteroatoms. The Morgan fingerprint density at radius 1 is 1.33 bits per heavy atom. The molecule has 0 spiro atoms. The topological polar surface area (TPSA) is 69.6 Å². The monoisotopic (exact) mass is 251 g/mol. The maximum Gasteiger partial charge on any atom is 0.249 e. The van der Waals surface area contributed by atoms with E-state index in [1.54, 1.807) is 12.1 Å². The van der Waals surface area contributed by atoms with E-state index in [1.165, 1.54) is 0 Å². The first-order chi connectivity index (χ1) is 8.54. The Hall–Kier alpha value is -1.55. The third-order valence-corrected chi connectivity index (χ3v) is 3.10. The molecule has 0 aliphatic heterocycles. The molecule has 1 amide bonds. The van der Waals surface area contributed by atoms with Gasteiger partial charge in [-0.05, 0) is 30.0 Å². The number of aliphatic hydroxyl groups is 1. The Labute approximate surface area is 108 Å². The van der Waals surface area contributed by atoms with E-state index in [2.05, 4.69) is 5.32 Å². The van der Waals surface area contributed by atoms with Gasteiger partial charge in [-0.1, -0.05) is 32.4 Å². The number of benzene rings is 1. The van der Waals surface area contributed by atoms with Crippen LogP contribution in [0.15, 0.2) is 24.3 Å². The van der Waals surface area contributed by atoms with Gasteiger partial charge in [-0.2, -0.15) is 0 Å². The summed E-state index contributed by atoms with van der Waals surface area (Å²) in [5.74, 6) is -0.114. The molecule has 1 rings (SSSR count). The van der Waals surface area contributed by atoms with E-state index in [1.807, 2.05) is 26.0 Å².